The Morgan fingerprint density at radius 3 is 1.88 bits per heavy atom. The smallest absolute Gasteiger partial charge is 0.0804 e. The molecule has 0 aliphatic heterocycles. The van der Waals surface area contributed by atoms with Crippen LogP contribution in [0.3, 0.4) is 0 Å². The Kier molecular flexibility index (Phi) is 12.9. The summed E-state index contributed by atoms with van der Waals surface area (Å²) >= 11 is 0. The number of hydrogen-bond acceptors (Lipinski definition) is 2. The molecular weight excluding hydrogens is 200 g/mol. The maximum absolute atomic E-state index is 5.33. The number of methoxy groups -OCH3 is 2. The van der Waals surface area contributed by atoms with Gasteiger partial charge >= 0.3 is 0 Å². The number of unbranched alkanes of at least 4 members (excludes halogenated alkanes) is 7. The summed E-state index contributed by atoms with van der Waals surface area (Å²) in [4.78, 5) is 0. The fourth-order valence-corrected chi connectivity index (χ4v) is 1.96. The molecule has 0 fully saturated rings. The van der Waals surface area contributed by atoms with Gasteiger partial charge in [-0.1, -0.05) is 58.3 Å². The molecule has 0 aliphatic carbocycles. The highest BCUT2D eigenvalue weighted by Crippen LogP contribution is 2.11. The Morgan fingerprint density at radius 2 is 1.38 bits per heavy atom. The normalized spacial score (nSPS) is 12.9. The topological polar surface area (TPSA) is 18.5 Å². The van der Waals surface area contributed by atoms with E-state index in [0.717, 1.165) is 13.0 Å². The van der Waals surface area contributed by atoms with Gasteiger partial charge < -0.3 is 9.47 Å². The summed E-state index contributed by atoms with van der Waals surface area (Å²) < 4.78 is 10.4. The molecular formula is C14H30O2. The highest BCUT2D eigenvalue weighted by molar-refractivity contribution is 4.56. The first-order chi connectivity index (χ1) is 7.85. The van der Waals surface area contributed by atoms with E-state index in [9.17, 15) is 0 Å². The molecule has 0 aromatic heterocycles. The van der Waals surface area contributed by atoms with Gasteiger partial charge in [-0.3, -0.25) is 0 Å². The number of rotatable bonds is 12. The molecule has 2 heteroatoms. The van der Waals surface area contributed by atoms with Crippen LogP contribution in [-0.2, 0) is 9.47 Å². The minimum atomic E-state index is 0.296. The third-order valence-corrected chi connectivity index (χ3v) is 3.07. The van der Waals surface area contributed by atoms with Crippen molar-refractivity contribution in [3.05, 3.63) is 0 Å². The molecule has 0 bridgehead atoms. The fourth-order valence-electron chi connectivity index (χ4n) is 1.96. The van der Waals surface area contributed by atoms with Crippen molar-refractivity contribution < 1.29 is 9.47 Å². The van der Waals surface area contributed by atoms with Crippen LogP contribution in [0.25, 0.3) is 0 Å². The van der Waals surface area contributed by atoms with E-state index in [1.165, 1.54) is 51.4 Å². The maximum Gasteiger partial charge on any atom is 0.0804 e. The summed E-state index contributed by atoms with van der Waals surface area (Å²) in [7, 11) is 3.51. The first-order valence-electron chi connectivity index (χ1n) is 6.86. The molecule has 0 amide bonds. The van der Waals surface area contributed by atoms with Gasteiger partial charge in [0.25, 0.3) is 0 Å². The summed E-state index contributed by atoms with van der Waals surface area (Å²) in [5, 5.41) is 0. The predicted molar refractivity (Wildman–Crippen MR) is 69.9 cm³/mol. The van der Waals surface area contributed by atoms with Gasteiger partial charge in [0.05, 0.1) is 12.7 Å². The van der Waals surface area contributed by atoms with Gasteiger partial charge in [-0.05, 0) is 6.42 Å². The second-order valence-corrected chi connectivity index (χ2v) is 4.58. The lowest BCUT2D eigenvalue weighted by Gasteiger charge is -2.13. The molecule has 16 heavy (non-hydrogen) atoms. The minimum Gasteiger partial charge on any atom is -0.382 e. The van der Waals surface area contributed by atoms with Crippen molar-refractivity contribution in [3.8, 4) is 0 Å². The molecule has 0 N–H and O–H groups in total. The maximum atomic E-state index is 5.33. The SMILES string of the molecule is CCCCCCCCCCC(COC)OC. The van der Waals surface area contributed by atoms with Crippen LogP contribution in [-0.4, -0.2) is 26.9 Å². The first kappa shape index (κ1) is 15.9. The average Bonchev–Trinajstić information content (AvgIpc) is 2.31. The second kappa shape index (κ2) is 13.0. The van der Waals surface area contributed by atoms with E-state index in [0.29, 0.717) is 6.10 Å². The van der Waals surface area contributed by atoms with Crippen molar-refractivity contribution in [2.45, 2.75) is 70.8 Å². The highest BCUT2D eigenvalue weighted by atomic mass is 16.5. The molecule has 98 valence electrons. The molecule has 1 unspecified atom stereocenters. The van der Waals surface area contributed by atoms with E-state index in [1.54, 1.807) is 14.2 Å². The van der Waals surface area contributed by atoms with Crippen LogP contribution < -0.4 is 0 Å². The molecule has 2 nitrogen and oxygen atoms in total. The lowest BCUT2D eigenvalue weighted by molar-refractivity contribution is 0.0220. The van der Waals surface area contributed by atoms with Gasteiger partial charge in [0.15, 0.2) is 0 Å². The summed E-state index contributed by atoms with van der Waals surface area (Å²) in [5.74, 6) is 0. The molecule has 0 saturated carbocycles. The fraction of sp³-hybridized carbons (Fsp3) is 1.00. The van der Waals surface area contributed by atoms with Crippen LogP contribution in [0, 0.1) is 0 Å². The number of ether oxygens (including phenoxy) is 2. The predicted octanol–water partition coefficient (Wildman–Crippen LogP) is 4.18. The molecule has 0 heterocycles. The zero-order chi connectivity index (χ0) is 12.1. The Labute approximate surface area is 102 Å². The number of hydrogen-bond donors (Lipinski definition) is 0. The van der Waals surface area contributed by atoms with Gasteiger partial charge in [0.1, 0.15) is 0 Å². The van der Waals surface area contributed by atoms with Gasteiger partial charge in [-0.15, -0.1) is 0 Å². The van der Waals surface area contributed by atoms with E-state index in [-0.39, 0.29) is 0 Å². The van der Waals surface area contributed by atoms with Crippen LogP contribution in [0.15, 0.2) is 0 Å². The van der Waals surface area contributed by atoms with Gasteiger partial charge in [0.2, 0.25) is 0 Å². The second-order valence-electron chi connectivity index (χ2n) is 4.58. The molecule has 1 atom stereocenters. The molecule has 0 spiro atoms. The van der Waals surface area contributed by atoms with Crippen LogP contribution in [0.1, 0.15) is 64.7 Å². The first-order valence-corrected chi connectivity index (χ1v) is 6.86. The molecule has 0 saturated heterocycles. The minimum absolute atomic E-state index is 0.296. The van der Waals surface area contributed by atoms with E-state index in [4.69, 9.17) is 9.47 Å². The Balaban J connectivity index is 3.12. The lowest BCUT2D eigenvalue weighted by Crippen LogP contribution is -2.16. The zero-order valence-corrected chi connectivity index (χ0v) is 11.5. The third-order valence-electron chi connectivity index (χ3n) is 3.07. The standard InChI is InChI=1S/C14H30O2/c1-4-5-6-7-8-9-10-11-12-14(16-3)13-15-2/h14H,4-13H2,1-3H3. The Bertz CT molecular complexity index is 126. The average molecular weight is 230 g/mol. The summed E-state index contributed by atoms with van der Waals surface area (Å²) in [5.41, 5.74) is 0. The monoisotopic (exact) mass is 230 g/mol. The lowest BCUT2D eigenvalue weighted by atomic mass is 10.1. The molecule has 0 radical (unpaired) electrons. The van der Waals surface area contributed by atoms with E-state index in [1.807, 2.05) is 0 Å². The summed E-state index contributed by atoms with van der Waals surface area (Å²) in [6, 6.07) is 0. The zero-order valence-electron chi connectivity index (χ0n) is 11.5. The van der Waals surface area contributed by atoms with Crippen LogP contribution in [0.5, 0.6) is 0 Å². The van der Waals surface area contributed by atoms with Crippen LogP contribution in [0.4, 0.5) is 0 Å². The van der Waals surface area contributed by atoms with Crippen molar-refractivity contribution in [2.75, 3.05) is 20.8 Å². The van der Waals surface area contributed by atoms with E-state index >= 15 is 0 Å². The third kappa shape index (κ3) is 10.4. The van der Waals surface area contributed by atoms with Crippen LogP contribution >= 0.6 is 0 Å². The molecule has 0 rings (SSSR count). The Hall–Kier alpha value is -0.0800. The van der Waals surface area contributed by atoms with Crippen molar-refractivity contribution in [2.24, 2.45) is 0 Å². The van der Waals surface area contributed by atoms with Crippen LogP contribution in [0.2, 0.25) is 0 Å². The largest absolute Gasteiger partial charge is 0.382 e. The highest BCUT2D eigenvalue weighted by Gasteiger charge is 2.05. The summed E-state index contributed by atoms with van der Waals surface area (Å²) in [6.07, 6.45) is 12.4. The van der Waals surface area contributed by atoms with Gasteiger partial charge in [-0.2, -0.15) is 0 Å². The molecule has 0 aliphatic rings. The van der Waals surface area contributed by atoms with Crippen molar-refractivity contribution in [1.29, 1.82) is 0 Å². The van der Waals surface area contributed by atoms with Crippen molar-refractivity contribution >= 4 is 0 Å². The molecule has 0 aromatic rings. The van der Waals surface area contributed by atoms with Gasteiger partial charge in [0, 0.05) is 14.2 Å². The van der Waals surface area contributed by atoms with Gasteiger partial charge in [-0.25, -0.2) is 0 Å². The van der Waals surface area contributed by atoms with Crippen molar-refractivity contribution in [1.82, 2.24) is 0 Å². The van der Waals surface area contributed by atoms with Crippen molar-refractivity contribution in [3.63, 3.8) is 0 Å². The summed E-state index contributed by atoms with van der Waals surface area (Å²) in [6.45, 7) is 2.99. The molecule has 0 aromatic carbocycles. The quantitative estimate of drug-likeness (QED) is 0.468. The Morgan fingerprint density at radius 1 is 0.812 bits per heavy atom. The van der Waals surface area contributed by atoms with E-state index in [2.05, 4.69) is 6.92 Å². The van der Waals surface area contributed by atoms with E-state index < -0.39 is 0 Å².